The molecule has 1 amide bonds. The van der Waals surface area contributed by atoms with E-state index in [9.17, 15) is 4.79 Å². The molecule has 0 spiro atoms. The lowest BCUT2D eigenvalue weighted by atomic mass is 10.1. The highest BCUT2D eigenvalue weighted by atomic mass is 79.9. The van der Waals surface area contributed by atoms with Crippen molar-refractivity contribution in [3.63, 3.8) is 0 Å². The first-order valence-electron chi connectivity index (χ1n) is 12.4. The van der Waals surface area contributed by atoms with Gasteiger partial charge in [-0.2, -0.15) is 14.6 Å². The number of para-hydroxylation sites is 1. The summed E-state index contributed by atoms with van der Waals surface area (Å²) in [6, 6.07) is 7.13. The molecule has 0 radical (unpaired) electrons. The number of nitrogens with zero attached hydrogens (tertiary/aromatic N) is 6. The second kappa shape index (κ2) is 12.4. The third-order valence-corrected chi connectivity index (χ3v) is 8.75. The number of rotatable bonds is 13. The van der Waals surface area contributed by atoms with Crippen LogP contribution in [0.2, 0.25) is 25.7 Å². The van der Waals surface area contributed by atoms with Crippen molar-refractivity contribution in [2.24, 2.45) is 0 Å². The van der Waals surface area contributed by atoms with Crippen molar-refractivity contribution in [1.82, 2.24) is 34.4 Å². The number of nitrogens with one attached hydrogen (secondary N) is 2. The number of benzene rings is 1. The Morgan fingerprint density at radius 2 is 2.05 bits per heavy atom. The first-order chi connectivity index (χ1) is 18.2. The van der Waals surface area contributed by atoms with Crippen LogP contribution in [0.15, 0.2) is 34.0 Å². The molecule has 38 heavy (non-hydrogen) atoms. The van der Waals surface area contributed by atoms with E-state index >= 15 is 0 Å². The van der Waals surface area contributed by atoms with Crippen LogP contribution in [0.3, 0.4) is 0 Å². The van der Waals surface area contributed by atoms with Gasteiger partial charge in [-0.25, -0.2) is 14.8 Å². The molecule has 0 fully saturated rings. The quantitative estimate of drug-likeness (QED) is 0.106. The normalized spacial score (nSPS) is 11.9. The highest BCUT2D eigenvalue weighted by Crippen LogP contribution is 2.25. The van der Waals surface area contributed by atoms with E-state index in [1.165, 1.54) is 11.8 Å². The van der Waals surface area contributed by atoms with Crippen molar-refractivity contribution in [3.05, 3.63) is 40.3 Å². The van der Waals surface area contributed by atoms with Gasteiger partial charge in [0.25, 0.3) is 0 Å². The Labute approximate surface area is 234 Å². The average Bonchev–Trinajstić information content (AvgIpc) is 3.42. The number of hydrogen-bond acceptors (Lipinski definition) is 8. The molecule has 0 aliphatic carbocycles. The average molecular weight is 622 g/mol. The summed E-state index contributed by atoms with van der Waals surface area (Å²) < 4.78 is 10.7. The molecule has 0 unspecified atom stereocenters. The Hall–Kier alpha value is -2.68. The molecule has 0 atom stereocenters. The van der Waals surface area contributed by atoms with Crippen LogP contribution in [0.1, 0.15) is 17.8 Å². The number of thioether (sulfide) groups is 1. The lowest BCUT2D eigenvalue weighted by Gasteiger charge is -2.17. The van der Waals surface area contributed by atoms with E-state index in [0.717, 1.165) is 39.4 Å². The molecule has 0 saturated carbocycles. The van der Waals surface area contributed by atoms with Crippen LogP contribution in [-0.2, 0) is 24.4 Å². The summed E-state index contributed by atoms with van der Waals surface area (Å²) in [5, 5.41) is 19.8. The second-order valence-corrected chi connectivity index (χ2v) is 17.3. The van der Waals surface area contributed by atoms with Gasteiger partial charge in [0.05, 0.1) is 28.2 Å². The molecular weight excluding hydrogens is 588 g/mol. The smallest absolute Gasteiger partial charge is 0.404 e. The van der Waals surface area contributed by atoms with Crippen molar-refractivity contribution in [2.75, 3.05) is 24.7 Å². The molecule has 0 aliphatic rings. The van der Waals surface area contributed by atoms with Crippen molar-refractivity contribution < 1.29 is 14.6 Å². The van der Waals surface area contributed by atoms with E-state index in [-0.39, 0.29) is 0 Å². The van der Waals surface area contributed by atoms with Crippen LogP contribution in [0.4, 0.5) is 10.7 Å². The van der Waals surface area contributed by atoms with Crippen molar-refractivity contribution in [1.29, 1.82) is 0 Å². The van der Waals surface area contributed by atoms with E-state index in [2.05, 4.69) is 71.9 Å². The maximum Gasteiger partial charge on any atom is 0.404 e. The summed E-state index contributed by atoms with van der Waals surface area (Å²) in [5.74, 6) is 1.39. The van der Waals surface area contributed by atoms with Crippen molar-refractivity contribution >= 4 is 64.5 Å². The lowest BCUT2D eigenvalue weighted by Crippen LogP contribution is -2.22. The number of hydrogen-bond donors (Lipinski definition) is 3. The molecule has 3 N–H and O–H groups in total. The number of aromatic nitrogens is 6. The Bertz CT molecular complexity index is 1420. The first kappa shape index (κ1) is 28.3. The summed E-state index contributed by atoms with van der Waals surface area (Å²) in [7, 11) is -1.23. The zero-order valence-electron chi connectivity index (χ0n) is 22.0. The monoisotopic (exact) mass is 620 g/mol. The van der Waals surface area contributed by atoms with E-state index in [0.29, 0.717) is 49.6 Å². The molecule has 204 valence electrons. The zero-order valence-corrected chi connectivity index (χ0v) is 25.4. The minimum atomic E-state index is -1.23. The van der Waals surface area contributed by atoms with Crippen LogP contribution >= 0.6 is 27.7 Å². The Kier molecular flexibility index (Phi) is 9.28. The SMILES string of the molecule is CSc1nc(NCc2nc3cccc(CCCNC(=O)O)c3n2COCC[Si](C)(C)C)n2ncc(Br)c2n1. The molecular formula is C24H33BrN8O3SSi. The number of aryl methyl sites for hydroxylation is 1. The van der Waals surface area contributed by atoms with Crippen molar-refractivity contribution in [2.45, 2.75) is 57.0 Å². The number of anilines is 1. The standard InChI is InChI=1S/C24H33BrN8O3SSi/c1-37-23-30-21-17(25)13-28-33(21)22(31-23)27-14-19-29-18-9-5-7-16(8-6-10-26-24(34)35)20(18)32(19)15-36-11-12-38(2,3)4/h5,7,9,13,26H,6,8,10-12,14-15H2,1-4H3,(H,34,35)(H,27,30,31). The number of ether oxygens (including phenoxy) is 1. The molecule has 0 aliphatic heterocycles. The molecule has 14 heteroatoms. The van der Waals surface area contributed by atoms with Gasteiger partial charge in [0, 0.05) is 21.2 Å². The van der Waals surface area contributed by atoms with Gasteiger partial charge in [-0.3, -0.25) is 0 Å². The van der Waals surface area contributed by atoms with Gasteiger partial charge in [0.1, 0.15) is 12.6 Å². The van der Waals surface area contributed by atoms with E-state index in [4.69, 9.17) is 14.8 Å². The highest BCUT2D eigenvalue weighted by molar-refractivity contribution is 9.10. The van der Waals surface area contributed by atoms with E-state index in [1.807, 2.05) is 18.4 Å². The molecule has 0 saturated heterocycles. The van der Waals surface area contributed by atoms with Gasteiger partial charge in [0.15, 0.2) is 10.8 Å². The maximum atomic E-state index is 10.8. The molecule has 11 nitrogen and oxygen atoms in total. The van der Waals surface area contributed by atoms with Crippen LogP contribution < -0.4 is 10.6 Å². The first-order valence-corrected chi connectivity index (χ1v) is 18.1. The second-order valence-electron chi connectivity index (χ2n) is 10.0. The van der Waals surface area contributed by atoms with Gasteiger partial charge in [-0.05, 0) is 52.7 Å². The Morgan fingerprint density at radius 3 is 2.79 bits per heavy atom. The fourth-order valence-corrected chi connectivity index (χ4v) is 5.45. The zero-order chi connectivity index (χ0) is 27.3. The number of fused-ring (bicyclic) bond motifs is 2. The number of halogens is 1. The highest BCUT2D eigenvalue weighted by Gasteiger charge is 2.18. The fourth-order valence-electron chi connectivity index (χ4n) is 3.99. The van der Waals surface area contributed by atoms with Crippen LogP contribution in [0.25, 0.3) is 16.7 Å². The van der Waals surface area contributed by atoms with Crippen LogP contribution in [0.5, 0.6) is 0 Å². The minimum absolute atomic E-state index is 0.380. The molecule has 4 rings (SSSR count). The van der Waals surface area contributed by atoms with Crippen molar-refractivity contribution in [3.8, 4) is 0 Å². The number of carboxylic acid groups (broad SMARTS) is 1. The third kappa shape index (κ3) is 7.04. The van der Waals surface area contributed by atoms with Gasteiger partial charge in [-0.1, -0.05) is 43.5 Å². The van der Waals surface area contributed by atoms with Crippen LogP contribution in [-0.4, -0.2) is 67.8 Å². The predicted molar refractivity (Wildman–Crippen MR) is 156 cm³/mol. The number of carbonyl (C=O) groups is 1. The van der Waals surface area contributed by atoms with Gasteiger partial charge < -0.3 is 25.0 Å². The fraction of sp³-hybridized carbons (Fsp3) is 0.458. The largest absolute Gasteiger partial charge is 0.465 e. The summed E-state index contributed by atoms with van der Waals surface area (Å²) in [5.41, 5.74) is 3.67. The summed E-state index contributed by atoms with van der Waals surface area (Å²) in [6.07, 6.45) is 4.03. The minimum Gasteiger partial charge on any atom is -0.465 e. The predicted octanol–water partition coefficient (Wildman–Crippen LogP) is 5.08. The summed E-state index contributed by atoms with van der Waals surface area (Å²) in [6.45, 7) is 8.87. The number of imidazole rings is 1. The maximum absolute atomic E-state index is 10.8. The molecule has 3 heterocycles. The third-order valence-electron chi connectivity index (χ3n) is 5.94. The number of amides is 1. The van der Waals surface area contributed by atoms with Crippen LogP contribution in [0, 0.1) is 0 Å². The molecule has 0 bridgehead atoms. The molecule has 3 aromatic heterocycles. The molecule has 1 aromatic carbocycles. The van der Waals surface area contributed by atoms with E-state index in [1.54, 1.807) is 10.7 Å². The molecule has 4 aromatic rings. The topological polar surface area (TPSA) is 131 Å². The Morgan fingerprint density at radius 1 is 1.24 bits per heavy atom. The summed E-state index contributed by atoms with van der Waals surface area (Å²) in [4.78, 5) is 24.9. The Balaban J connectivity index is 1.62. The lowest BCUT2D eigenvalue weighted by molar-refractivity contribution is 0.0880. The van der Waals surface area contributed by atoms with Gasteiger partial charge >= 0.3 is 6.09 Å². The summed E-state index contributed by atoms with van der Waals surface area (Å²) >= 11 is 4.97. The van der Waals surface area contributed by atoms with E-state index < -0.39 is 14.2 Å². The van der Waals surface area contributed by atoms with Gasteiger partial charge in [0.2, 0.25) is 5.95 Å². The van der Waals surface area contributed by atoms with Gasteiger partial charge in [-0.15, -0.1) is 0 Å².